The molecule has 0 saturated heterocycles. The fraction of sp³-hybridized carbons (Fsp3) is 0.462. The minimum absolute atomic E-state index is 0.214. The van der Waals surface area contributed by atoms with Crippen LogP contribution in [0, 0.1) is 0 Å². The minimum atomic E-state index is -0.947. The van der Waals surface area contributed by atoms with Crippen LogP contribution in [-0.4, -0.2) is 32.9 Å². The molecule has 5 heteroatoms. The molecule has 0 spiro atoms. The molecule has 0 bridgehead atoms. The van der Waals surface area contributed by atoms with Crippen LogP contribution in [0.2, 0.25) is 0 Å². The number of carboxylic acids is 1. The normalized spacial score (nSPS) is 13.3. The molecule has 0 heterocycles. The Labute approximate surface area is 106 Å². The van der Waals surface area contributed by atoms with E-state index in [4.69, 9.17) is 5.11 Å². The number of hydrogen-bond acceptors (Lipinski definition) is 4. The zero-order valence-corrected chi connectivity index (χ0v) is 10.8. The summed E-state index contributed by atoms with van der Waals surface area (Å²) >= 11 is 0. The summed E-state index contributed by atoms with van der Waals surface area (Å²) in [6.07, 6.45) is 0.237. The Morgan fingerprint density at radius 3 is 2.33 bits per heavy atom. The fourth-order valence-electron chi connectivity index (χ4n) is 1.65. The van der Waals surface area contributed by atoms with Crippen LogP contribution in [-0.2, 0) is 11.2 Å². The summed E-state index contributed by atoms with van der Waals surface area (Å²) < 4.78 is 0. The van der Waals surface area contributed by atoms with Crippen LogP contribution in [0.3, 0.4) is 0 Å². The first-order valence-corrected chi connectivity index (χ1v) is 5.70. The van der Waals surface area contributed by atoms with Gasteiger partial charge in [0, 0.05) is 5.54 Å². The molecule has 4 N–H and O–H groups in total. The van der Waals surface area contributed by atoms with Crippen molar-refractivity contribution >= 4 is 5.97 Å². The summed E-state index contributed by atoms with van der Waals surface area (Å²) in [4.78, 5) is 11.2. The van der Waals surface area contributed by atoms with E-state index in [0.717, 1.165) is 0 Å². The maximum absolute atomic E-state index is 11.2. The monoisotopic (exact) mass is 253 g/mol. The largest absolute Gasteiger partial charge is 0.504 e. The predicted molar refractivity (Wildman–Crippen MR) is 67.8 cm³/mol. The number of hydrogen-bond donors (Lipinski definition) is 4. The molecule has 1 aromatic carbocycles. The third kappa shape index (κ3) is 4.25. The predicted octanol–water partition coefficient (Wildman–Crippen LogP) is 1.48. The number of phenols is 2. The van der Waals surface area contributed by atoms with E-state index in [0.29, 0.717) is 5.56 Å². The summed E-state index contributed by atoms with van der Waals surface area (Å²) in [6.45, 7) is 5.66. The molecular formula is C13H19NO4. The SMILES string of the molecule is CC(C)(C)NC(Cc1ccc(O)c(O)c1)C(=O)O. The van der Waals surface area contributed by atoms with Crippen LogP contribution in [0.1, 0.15) is 26.3 Å². The number of nitrogens with one attached hydrogen (secondary N) is 1. The molecule has 0 aliphatic rings. The van der Waals surface area contributed by atoms with Gasteiger partial charge in [-0.25, -0.2) is 0 Å². The minimum Gasteiger partial charge on any atom is -0.504 e. The molecule has 0 saturated carbocycles. The lowest BCUT2D eigenvalue weighted by Crippen LogP contribution is -2.48. The molecule has 0 aromatic heterocycles. The molecule has 100 valence electrons. The highest BCUT2D eigenvalue weighted by atomic mass is 16.4. The number of carboxylic acid groups (broad SMARTS) is 1. The Morgan fingerprint density at radius 1 is 1.28 bits per heavy atom. The van der Waals surface area contributed by atoms with Gasteiger partial charge in [-0.15, -0.1) is 0 Å². The van der Waals surface area contributed by atoms with Gasteiger partial charge >= 0.3 is 5.97 Å². The summed E-state index contributed by atoms with van der Waals surface area (Å²) in [5.74, 6) is -1.40. The maximum Gasteiger partial charge on any atom is 0.321 e. The van der Waals surface area contributed by atoms with Crippen molar-refractivity contribution in [1.82, 2.24) is 5.32 Å². The van der Waals surface area contributed by atoms with Gasteiger partial charge in [0.2, 0.25) is 0 Å². The Bertz CT molecular complexity index is 437. The zero-order valence-electron chi connectivity index (χ0n) is 10.8. The Kier molecular flexibility index (Phi) is 4.19. The van der Waals surface area contributed by atoms with Gasteiger partial charge in [-0.3, -0.25) is 10.1 Å². The van der Waals surface area contributed by atoms with Crippen molar-refractivity contribution in [3.8, 4) is 11.5 Å². The van der Waals surface area contributed by atoms with E-state index in [9.17, 15) is 15.0 Å². The third-order valence-corrected chi connectivity index (χ3v) is 2.38. The van der Waals surface area contributed by atoms with Crippen LogP contribution < -0.4 is 5.32 Å². The Morgan fingerprint density at radius 2 is 1.89 bits per heavy atom. The van der Waals surface area contributed by atoms with Crippen molar-refractivity contribution in [2.45, 2.75) is 38.8 Å². The van der Waals surface area contributed by atoms with E-state index in [2.05, 4.69) is 5.32 Å². The van der Waals surface area contributed by atoms with Crippen LogP contribution >= 0.6 is 0 Å². The maximum atomic E-state index is 11.2. The molecular weight excluding hydrogens is 234 g/mol. The van der Waals surface area contributed by atoms with Gasteiger partial charge in [-0.2, -0.15) is 0 Å². The summed E-state index contributed by atoms with van der Waals surface area (Å²) in [7, 11) is 0. The van der Waals surface area contributed by atoms with Gasteiger partial charge in [0.1, 0.15) is 6.04 Å². The molecule has 18 heavy (non-hydrogen) atoms. The number of aromatic hydroxyl groups is 2. The molecule has 1 unspecified atom stereocenters. The lowest BCUT2D eigenvalue weighted by molar-refractivity contribution is -0.140. The van der Waals surface area contributed by atoms with E-state index in [-0.39, 0.29) is 23.5 Å². The molecule has 0 amide bonds. The fourth-order valence-corrected chi connectivity index (χ4v) is 1.65. The first-order chi connectivity index (χ1) is 8.19. The summed E-state index contributed by atoms with van der Waals surface area (Å²) in [6, 6.07) is 3.57. The first kappa shape index (κ1) is 14.3. The average molecular weight is 253 g/mol. The van der Waals surface area contributed by atoms with Crippen LogP contribution in [0.25, 0.3) is 0 Å². The molecule has 0 fully saturated rings. The highest BCUT2D eigenvalue weighted by Crippen LogP contribution is 2.25. The molecule has 1 aromatic rings. The van der Waals surface area contributed by atoms with Gasteiger partial charge in [0.05, 0.1) is 0 Å². The topological polar surface area (TPSA) is 89.8 Å². The van der Waals surface area contributed by atoms with Crippen molar-refractivity contribution in [3.63, 3.8) is 0 Å². The van der Waals surface area contributed by atoms with E-state index in [1.54, 1.807) is 6.07 Å². The van der Waals surface area contributed by atoms with Crippen LogP contribution in [0.15, 0.2) is 18.2 Å². The zero-order chi connectivity index (χ0) is 13.9. The lowest BCUT2D eigenvalue weighted by Gasteiger charge is -2.26. The highest BCUT2D eigenvalue weighted by molar-refractivity contribution is 5.74. The molecule has 0 radical (unpaired) electrons. The standard InChI is InChI=1S/C13H19NO4/c1-13(2,3)14-9(12(17)18)6-8-4-5-10(15)11(16)7-8/h4-5,7,9,14-16H,6H2,1-3H3,(H,17,18). The molecule has 5 nitrogen and oxygen atoms in total. The van der Waals surface area contributed by atoms with Gasteiger partial charge in [0.15, 0.2) is 11.5 Å². The molecule has 1 rings (SSSR count). The van der Waals surface area contributed by atoms with E-state index >= 15 is 0 Å². The second-order valence-electron chi connectivity index (χ2n) is 5.31. The third-order valence-electron chi connectivity index (χ3n) is 2.38. The van der Waals surface area contributed by atoms with Crippen molar-refractivity contribution in [1.29, 1.82) is 0 Å². The van der Waals surface area contributed by atoms with Gasteiger partial charge in [-0.1, -0.05) is 6.07 Å². The number of aliphatic carboxylic acids is 1. The van der Waals surface area contributed by atoms with Gasteiger partial charge < -0.3 is 15.3 Å². The van der Waals surface area contributed by atoms with Crippen molar-refractivity contribution in [3.05, 3.63) is 23.8 Å². The van der Waals surface area contributed by atoms with Crippen LogP contribution in [0.4, 0.5) is 0 Å². The van der Waals surface area contributed by atoms with Crippen molar-refractivity contribution in [2.75, 3.05) is 0 Å². The summed E-state index contributed by atoms with van der Waals surface area (Å²) in [5.41, 5.74) is 0.330. The van der Waals surface area contributed by atoms with E-state index in [1.807, 2.05) is 20.8 Å². The van der Waals surface area contributed by atoms with E-state index < -0.39 is 12.0 Å². The lowest BCUT2D eigenvalue weighted by atomic mass is 10.0. The van der Waals surface area contributed by atoms with E-state index in [1.165, 1.54) is 12.1 Å². The quantitative estimate of drug-likeness (QED) is 0.610. The van der Waals surface area contributed by atoms with Crippen molar-refractivity contribution < 1.29 is 20.1 Å². The molecule has 0 aliphatic carbocycles. The molecule has 0 aliphatic heterocycles. The second-order valence-corrected chi connectivity index (χ2v) is 5.31. The highest BCUT2D eigenvalue weighted by Gasteiger charge is 2.23. The smallest absolute Gasteiger partial charge is 0.321 e. The van der Waals surface area contributed by atoms with Gasteiger partial charge in [-0.05, 0) is 44.9 Å². The average Bonchev–Trinajstić information content (AvgIpc) is 2.20. The summed E-state index contributed by atoms with van der Waals surface area (Å²) in [5, 5.41) is 30.7. The number of benzene rings is 1. The Balaban J connectivity index is 2.83. The Hall–Kier alpha value is -1.75. The van der Waals surface area contributed by atoms with Crippen molar-refractivity contribution in [2.24, 2.45) is 0 Å². The number of rotatable bonds is 4. The first-order valence-electron chi connectivity index (χ1n) is 5.70. The van der Waals surface area contributed by atoms with Crippen LogP contribution in [0.5, 0.6) is 11.5 Å². The van der Waals surface area contributed by atoms with Gasteiger partial charge in [0.25, 0.3) is 0 Å². The second kappa shape index (κ2) is 5.27. The number of carbonyl (C=O) groups is 1. The number of phenolic OH excluding ortho intramolecular Hbond substituents is 2. The molecule has 1 atom stereocenters.